The minimum Gasteiger partial charge on any atom is -0.273 e. The molecule has 4 aromatic carbocycles. The molecule has 0 unspecified atom stereocenters. The fourth-order valence-corrected chi connectivity index (χ4v) is 4.22. The highest BCUT2D eigenvalue weighted by atomic mass is 14.9. The third-order valence-corrected chi connectivity index (χ3v) is 5.22. The molecule has 0 amide bonds. The standard InChI is InChI=1S/C24H19N/c1-24(2)22-20-15-9-7-13-18(20)17-12-6-8-14-19(17)21(22)23(25-24)16-10-4-3-5-11-16/h3-15H,1-2H3. The molecule has 0 aliphatic carbocycles. The first kappa shape index (κ1) is 14.4. The Morgan fingerprint density at radius 2 is 1.12 bits per heavy atom. The van der Waals surface area contributed by atoms with Crippen LogP contribution in [-0.4, -0.2) is 5.71 Å². The van der Waals surface area contributed by atoms with E-state index in [0.29, 0.717) is 0 Å². The van der Waals surface area contributed by atoms with Crippen molar-refractivity contribution >= 4 is 27.3 Å². The molecule has 4 aromatic rings. The first-order valence-corrected chi connectivity index (χ1v) is 8.76. The summed E-state index contributed by atoms with van der Waals surface area (Å²) >= 11 is 0. The Bertz CT molecular complexity index is 1150. The normalized spacial score (nSPS) is 15.4. The summed E-state index contributed by atoms with van der Waals surface area (Å²) in [5, 5.41) is 5.23. The minimum absolute atomic E-state index is 0.232. The molecule has 1 aliphatic rings. The van der Waals surface area contributed by atoms with Crippen molar-refractivity contribution in [1.29, 1.82) is 0 Å². The Morgan fingerprint density at radius 1 is 0.600 bits per heavy atom. The van der Waals surface area contributed by atoms with Crippen LogP contribution in [0.15, 0.2) is 83.9 Å². The molecular weight excluding hydrogens is 302 g/mol. The van der Waals surface area contributed by atoms with Crippen LogP contribution in [0.2, 0.25) is 0 Å². The van der Waals surface area contributed by atoms with E-state index in [9.17, 15) is 0 Å². The predicted molar refractivity (Wildman–Crippen MR) is 107 cm³/mol. The number of hydrogen-bond donors (Lipinski definition) is 0. The van der Waals surface area contributed by atoms with Crippen LogP contribution in [-0.2, 0) is 5.54 Å². The van der Waals surface area contributed by atoms with E-state index in [2.05, 4.69) is 92.7 Å². The molecule has 0 aromatic heterocycles. The first-order chi connectivity index (χ1) is 12.2. The summed E-state index contributed by atoms with van der Waals surface area (Å²) in [6.07, 6.45) is 0. The Hall–Kier alpha value is -2.93. The van der Waals surface area contributed by atoms with Crippen LogP contribution in [0.3, 0.4) is 0 Å². The van der Waals surface area contributed by atoms with Gasteiger partial charge in [0.15, 0.2) is 0 Å². The van der Waals surface area contributed by atoms with Crippen molar-refractivity contribution in [3.8, 4) is 0 Å². The van der Waals surface area contributed by atoms with Gasteiger partial charge in [-0.05, 0) is 41.0 Å². The van der Waals surface area contributed by atoms with Crippen LogP contribution in [0.25, 0.3) is 21.5 Å². The summed E-state index contributed by atoms with van der Waals surface area (Å²) in [5.74, 6) is 0. The molecule has 0 N–H and O–H groups in total. The van der Waals surface area contributed by atoms with E-state index < -0.39 is 0 Å². The van der Waals surface area contributed by atoms with Gasteiger partial charge in [-0.3, -0.25) is 4.99 Å². The highest BCUT2D eigenvalue weighted by Crippen LogP contribution is 2.45. The Morgan fingerprint density at radius 3 is 1.80 bits per heavy atom. The molecule has 0 saturated carbocycles. The zero-order valence-electron chi connectivity index (χ0n) is 14.5. The highest BCUT2D eigenvalue weighted by Gasteiger charge is 2.35. The summed E-state index contributed by atoms with van der Waals surface area (Å²) in [5.41, 5.74) is 4.72. The molecule has 120 valence electrons. The van der Waals surface area contributed by atoms with Gasteiger partial charge < -0.3 is 0 Å². The fourth-order valence-electron chi connectivity index (χ4n) is 4.22. The Balaban J connectivity index is 2.00. The van der Waals surface area contributed by atoms with Gasteiger partial charge in [-0.15, -0.1) is 0 Å². The van der Waals surface area contributed by atoms with Crippen LogP contribution in [0.4, 0.5) is 0 Å². The summed E-state index contributed by atoms with van der Waals surface area (Å²) in [6.45, 7) is 4.45. The monoisotopic (exact) mass is 321 g/mol. The zero-order valence-corrected chi connectivity index (χ0v) is 14.5. The number of aliphatic imine (C=N–C) groups is 1. The number of rotatable bonds is 1. The van der Waals surface area contributed by atoms with Crippen LogP contribution in [0, 0.1) is 0 Å². The minimum atomic E-state index is -0.232. The van der Waals surface area contributed by atoms with Crippen molar-refractivity contribution in [3.63, 3.8) is 0 Å². The molecular formula is C24H19N. The molecule has 0 saturated heterocycles. The Labute approximate surface area is 147 Å². The van der Waals surface area contributed by atoms with Gasteiger partial charge in [0.05, 0.1) is 11.3 Å². The van der Waals surface area contributed by atoms with Crippen LogP contribution < -0.4 is 0 Å². The Kier molecular flexibility index (Phi) is 2.90. The van der Waals surface area contributed by atoms with Gasteiger partial charge in [-0.2, -0.15) is 0 Å². The van der Waals surface area contributed by atoms with Crippen molar-refractivity contribution in [2.24, 2.45) is 4.99 Å². The summed E-state index contributed by atoms with van der Waals surface area (Å²) in [6, 6.07) is 28.0. The van der Waals surface area contributed by atoms with E-state index in [1.54, 1.807) is 0 Å². The smallest absolute Gasteiger partial charge is 0.0820 e. The number of fused-ring (bicyclic) bond motifs is 6. The van der Waals surface area contributed by atoms with E-state index >= 15 is 0 Å². The maximum absolute atomic E-state index is 5.18. The molecule has 0 spiro atoms. The van der Waals surface area contributed by atoms with Gasteiger partial charge in [0.25, 0.3) is 0 Å². The van der Waals surface area contributed by atoms with Crippen molar-refractivity contribution < 1.29 is 0 Å². The number of benzene rings is 4. The molecule has 1 heterocycles. The van der Waals surface area contributed by atoms with Crippen molar-refractivity contribution in [3.05, 3.63) is 95.6 Å². The van der Waals surface area contributed by atoms with Gasteiger partial charge in [0, 0.05) is 11.1 Å². The lowest BCUT2D eigenvalue weighted by molar-refractivity contribution is 0.577. The van der Waals surface area contributed by atoms with Crippen LogP contribution >= 0.6 is 0 Å². The summed E-state index contributed by atoms with van der Waals surface area (Å²) < 4.78 is 0. The maximum Gasteiger partial charge on any atom is 0.0820 e. The van der Waals surface area contributed by atoms with Gasteiger partial charge in [-0.25, -0.2) is 0 Å². The average Bonchev–Trinajstić information content (AvgIpc) is 2.95. The average molecular weight is 321 g/mol. The van der Waals surface area contributed by atoms with E-state index in [4.69, 9.17) is 4.99 Å². The molecule has 0 bridgehead atoms. The van der Waals surface area contributed by atoms with Crippen molar-refractivity contribution in [2.75, 3.05) is 0 Å². The quantitative estimate of drug-likeness (QED) is 0.377. The molecule has 0 atom stereocenters. The van der Waals surface area contributed by atoms with Gasteiger partial charge >= 0.3 is 0 Å². The summed E-state index contributed by atoms with van der Waals surface area (Å²) in [7, 11) is 0. The lowest BCUT2D eigenvalue weighted by Crippen LogP contribution is -2.11. The topological polar surface area (TPSA) is 12.4 Å². The lowest BCUT2D eigenvalue weighted by Gasteiger charge is -2.20. The highest BCUT2D eigenvalue weighted by molar-refractivity contribution is 6.27. The number of hydrogen-bond acceptors (Lipinski definition) is 1. The zero-order chi connectivity index (χ0) is 17.0. The van der Waals surface area contributed by atoms with E-state index in [1.807, 2.05) is 0 Å². The largest absolute Gasteiger partial charge is 0.273 e. The fraction of sp³-hybridized carbons (Fsp3) is 0.125. The molecule has 0 fully saturated rings. The van der Waals surface area contributed by atoms with Crippen LogP contribution in [0.1, 0.15) is 30.5 Å². The first-order valence-electron chi connectivity index (χ1n) is 8.76. The molecule has 5 rings (SSSR count). The molecule has 25 heavy (non-hydrogen) atoms. The predicted octanol–water partition coefficient (Wildman–Crippen LogP) is 6.08. The molecule has 0 radical (unpaired) electrons. The second-order valence-corrected chi connectivity index (χ2v) is 7.23. The molecule has 1 nitrogen and oxygen atoms in total. The lowest BCUT2D eigenvalue weighted by atomic mass is 9.83. The SMILES string of the molecule is CC1(C)N=C(c2ccccc2)c2c1c1ccccc1c1ccccc21. The van der Waals surface area contributed by atoms with Gasteiger partial charge in [0.2, 0.25) is 0 Å². The summed E-state index contributed by atoms with van der Waals surface area (Å²) in [4.78, 5) is 5.18. The molecule has 1 heteroatoms. The van der Waals surface area contributed by atoms with E-state index in [1.165, 1.54) is 38.2 Å². The van der Waals surface area contributed by atoms with Crippen molar-refractivity contribution in [1.82, 2.24) is 0 Å². The van der Waals surface area contributed by atoms with Crippen LogP contribution in [0.5, 0.6) is 0 Å². The second-order valence-electron chi connectivity index (χ2n) is 7.23. The van der Waals surface area contributed by atoms with Gasteiger partial charge in [-0.1, -0.05) is 78.9 Å². The third-order valence-electron chi connectivity index (χ3n) is 5.22. The van der Waals surface area contributed by atoms with E-state index in [-0.39, 0.29) is 5.54 Å². The second kappa shape index (κ2) is 5.03. The molecule has 1 aliphatic heterocycles. The number of nitrogens with zero attached hydrogens (tertiary/aromatic N) is 1. The van der Waals surface area contributed by atoms with Crippen molar-refractivity contribution in [2.45, 2.75) is 19.4 Å². The van der Waals surface area contributed by atoms with E-state index in [0.717, 1.165) is 5.71 Å². The third kappa shape index (κ3) is 1.99. The van der Waals surface area contributed by atoms with Gasteiger partial charge in [0.1, 0.15) is 0 Å². The maximum atomic E-state index is 5.18.